The predicted octanol–water partition coefficient (Wildman–Crippen LogP) is 5.66. The summed E-state index contributed by atoms with van der Waals surface area (Å²) >= 11 is 0. The topological polar surface area (TPSA) is 15.7 Å². The molecule has 1 aliphatic rings. The van der Waals surface area contributed by atoms with Gasteiger partial charge < -0.3 is 4.74 Å². The van der Waals surface area contributed by atoms with E-state index in [4.69, 9.17) is 4.74 Å². The van der Waals surface area contributed by atoms with E-state index in [1.165, 1.54) is 22.4 Å². The van der Waals surface area contributed by atoms with Crippen LogP contribution < -0.4 is 4.74 Å². The average molecular weight is 463 g/mol. The first-order valence-corrected chi connectivity index (χ1v) is 10.1. The highest BCUT2D eigenvalue weighted by molar-refractivity contribution is 5.91. The predicted molar refractivity (Wildman–Crippen MR) is 132 cm³/mol. The smallest absolute Gasteiger partial charge is 0.126 e. The molecular weight excluding hydrogens is 434 g/mol. The van der Waals surface area contributed by atoms with Gasteiger partial charge in [-0.25, -0.2) is 4.39 Å². The molecular formula is C25H29Cl2FN2O. The monoisotopic (exact) mass is 462 g/mol. The molecule has 1 aliphatic heterocycles. The zero-order chi connectivity index (χ0) is 20.1. The Kier molecular flexibility index (Phi) is 9.79. The minimum atomic E-state index is -0.188. The van der Waals surface area contributed by atoms with Gasteiger partial charge in [0, 0.05) is 44.7 Å². The van der Waals surface area contributed by atoms with Gasteiger partial charge in [0.15, 0.2) is 0 Å². The number of benzene rings is 3. The zero-order valence-corrected chi connectivity index (χ0v) is 19.3. The van der Waals surface area contributed by atoms with E-state index in [2.05, 4.69) is 52.3 Å². The van der Waals surface area contributed by atoms with Crippen molar-refractivity contribution in [1.29, 1.82) is 0 Å². The lowest BCUT2D eigenvalue weighted by Crippen LogP contribution is -2.45. The van der Waals surface area contributed by atoms with Gasteiger partial charge in [-0.15, -0.1) is 24.8 Å². The molecule has 1 heterocycles. The highest BCUT2D eigenvalue weighted by Gasteiger charge is 2.17. The summed E-state index contributed by atoms with van der Waals surface area (Å²) in [7, 11) is 1.73. The molecule has 3 aromatic rings. The van der Waals surface area contributed by atoms with Gasteiger partial charge in [-0.3, -0.25) is 9.80 Å². The van der Waals surface area contributed by atoms with Crippen LogP contribution >= 0.6 is 24.8 Å². The number of piperazine rings is 1. The van der Waals surface area contributed by atoms with Crippen LogP contribution in [0, 0.1) is 5.82 Å². The van der Waals surface area contributed by atoms with Crippen LogP contribution in [-0.2, 0) is 6.54 Å². The standard InChI is InChI=1S/C25H27FN2O.2ClH/c1-29-25-12-11-21(23-9-2-3-10-24(23)25)19-28-16-14-27(15-17-28)13-5-7-20-6-4-8-22(26)18-20;;/h2-12,18H,13-17,19H2,1H3;2*1H/b7-5+;;. The van der Waals surface area contributed by atoms with Crippen molar-refractivity contribution in [2.45, 2.75) is 6.54 Å². The van der Waals surface area contributed by atoms with Crippen molar-refractivity contribution in [2.24, 2.45) is 0 Å². The molecule has 3 nitrogen and oxygen atoms in total. The Morgan fingerprint density at radius 2 is 1.58 bits per heavy atom. The molecule has 0 saturated carbocycles. The molecule has 31 heavy (non-hydrogen) atoms. The van der Waals surface area contributed by atoms with E-state index >= 15 is 0 Å². The summed E-state index contributed by atoms with van der Waals surface area (Å²) < 4.78 is 18.8. The highest BCUT2D eigenvalue weighted by atomic mass is 35.5. The zero-order valence-electron chi connectivity index (χ0n) is 17.7. The van der Waals surface area contributed by atoms with Crippen LogP contribution in [0.25, 0.3) is 16.8 Å². The maximum Gasteiger partial charge on any atom is 0.126 e. The van der Waals surface area contributed by atoms with Gasteiger partial charge in [-0.05, 0) is 34.7 Å². The second-order valence-corrected chi connectivity index (χ2v) is 7.51. The third-order valence-corrected chi connectivity index (χ3v) is 5.58. The SMILES string of the molecule is COc1ccc(CN2CCN(C/C=C/c3cccc(F)c3)CC2)c2ccccc12.Cl.Cl. The summed E-state index contributed by atoms with van der Waals surface area (Å²) in [5, 5.41) is 2.45. The van der Waals surface area contributed by atoms with E-state index in [-0.39, 0.29) is 30.6 Å². The molecule has 0 amide bonds. The van der Waals surface area contributed by atoms with Crippen LogP contribution in [0.3, 0.4) is 0 Å². The van der Waals surface area contributed by atoms with Crippen molar-refractivity contribution in [2.75, 3.05) is 39.8 Å². The number of methoxy groups -OCH3 is 1. The first-order chi connectivity index (χ1) is 14.2. The number of hydrogen-bond acceptors (Lipinski definition) is 3. The molecule has 0 atom stereocenters. The van der Waals surface area contributed by atoms with Crippen molar-refractivity contribution in [3.8, 4) is 5.75 Å². The lowest BCUT2D eigenvalue weighted by molar-refractivity contribution is 0.137. The fraction of sp³-hybridized carbons (Fsp3) is 0.280. The van der Waals surface area contributed by atoms with Gasteiger partial charge >= 0.3 is 0 Å². The minimum absolute atomic E-state index is 0. The Balaban J connectivity index is 0.00000171. The molecule has 0 aromatic heterocycles. The first kappa shape index (κ1) is 25.2. The van der Waals surface area contributed by atoms with Crippen LogP contribution in [-0.4, -0.2) is 49.6 Å². The van der Waals surface area contributed by atoms with Crippen molar-refractivity contribution in [3.05, 3.63) is 83.7 Å². The maximum atomic E-state index is 13.3. The number of halogens is 3. The van der Waals surface area contributed by atoms with E-state index in [0.717, 1.165) is 50.6 Å². The number of fused-ring (bicyclic) bond motifs is 1. The van der Waals surface area contributed by atoms with Crippen molar-refractivity contribution >= 4 is 41.7 Å². The summed E-state index contributed by atoms with van der Waals surface area (Å²) in [5.41, 5.74) is 2.26. The van der Waals surface area contributed by atoms with Gasteiger partial charge in [-0.2, -0.15) is 0 Å². The number of ether oxygens (including phenoxy) is 1. The molecule has 0 aliphatic carbocycles. The quantitative estimate of drug-likeness (QED) is 0.469. The number of nitrogens with zero attached hydrogens (tertiary/aromatic N) is 2. The minimum Gasteiger partial charge on any atom is -0.496 e. The lowest BCUT2D eigenvalue weighted by atomic mass is 10.0. The van der Waals surface area contributed by atoms with E-state index in [1.807, 2.05) is 12.1 Å². The van der Waals surface area contributed by atoms with Gasteiger partial charge in [0.1, 0.15) is 11.6 Å². The average Bonchev–Trinajstić information content (AvgIpc) is 2.75. The molecule has 1 saturated heterocycles. The van der Waals surface area contributed by atoms with Crippen molar-refractivity contribution in [3.63, 3.8) is 0 Å². The molecule has 0 spiro atoms. The van der Waals surface area contributed by atoms with E-state index in [0.29, 0.717) is 0 Å². The summed E-state index contributed by atoms with van der Waals surface area (Å²) in [5.74, 6) is 0.742. The molecule has 1 fully saturated rings. The molecule has 3 aromatic carbocycles. The number of rotatable bonds is 6. The van der Waals surface area contributed by atoms with Crippen LogP contribution in [0.1, 0.15) is 11.1 Å². The third kappa shape index (κ3) is 6.44. The van der Waals surface area contributed by atoms with Crippen LogP contribution in [0.15, 0.2) is 66.7 Å². The summed E-state index contributed by atoms with van der Waals surface area (Å²) in [6, 6.07) is 19.4. The Labute approximate surface area is 196 Å². The third-order valence-electron chi connectivity index (χ3n) is 5.58. The highest BCUT2D eigenvalue weighted by Crippen LogP contribution is 2.29. The summed E-state index contributed by atoms with van der Waals surface area (Å²) in [4.78, 5) is 4.96. The molecule has 166 valence electrons. The second kappa shape index (κ2) is 12.1. The Morgan fingerprint density at radius 3 is 2.29 bits per heavy atom. The lowest BCUT2D eigenvalue weighted by Gasteiger charge is -2.34. The number of hydrogen-bond donors (Lipinski definition) is 0. The van der Waals surface area contributed by atoms with Gasteiger partial charge in [0.05, 0.1) is 7.11 Å². The maximum absolute atomic E-state index is 13.3. The molecule has 0 radical (unpaired) electrons. The fourth-order valence-corrected chi connectivity index (χ4v) is 3.97. The largest absolute Gasteiger partial charge is 0.496 e. The first-order valence-electron chi connectivity index (χ1n) is 10.1. The van der Waals surface area contributed by atoms with Crippen LogP contribution in [0.2, 0.25) is 0 Å². The van der Waals surface area contributed by atoms with Gasteiger partial charge in [0.25, 0.3) is 0 Å². The molecule has 0 N–H and O–H groups in total. The van der Waals surface area contributed by atoms with Gasteiger partial charge in [0.2, 0.25) is 0 Å². The normalized spacial score (nSPS) is 14.9. The van der Waals surface area contributed by atoms with Gasteiger partial charge in [-0.1, -0.05) is 54.6 Å². The Morgan fingerprint density at radius 1 is 0.871 bits per heavy atom. The summed E-state index contributed by atoms with van der Waals surface area (Å²) in [6.45, 7) is 6.04. The fourth-order valence-electron chi connectivity index (χ4n) is 3.97. The molecule has 0 unspecified atom stereocenters. The van der Waals surface area contributed by atoms with E-state index in [1.54, 1.807) is 19.2 Å². The summed E-state index contributed by atoms with van der Waals surface area (Å²) in [6.07, 6.45) is 4.13. The van der Waals surface area contributed by atoms with E-state index < -0.39 is 0 Å². The van der Waals surface area contributed by atoms with Crippen molar-refractivity contribution in [1.82, 2.24) is 9.80 Å². The molecule has 6 heteroatoms. The van der Waals surface area contributed by atoms with E-state index in [9.17, 15) is 4.39 Å². The molecule has 4 rings (SSSR count). The van der Waals surface area contributed by atoms with Crippen LogP contribution in [0.4, 0.5) is 4.39 Å². The van der Waals surface area contributed by atoms with Crippen molar-refractivity contribution < 1.29 is 9.13 Å². The van der Waals surface area contributed by atoms with Crippen LogP contribution in [0.5, 0.6) is 5.75 Å². The second-order valence-electron chi connectivity index (χ2n) is 7.51. The molecule has 0 bridgehead atoms. The Bertz CT molecular complexity index is 1000. The Hall–Kier alpha value is -2.11.